The molecular formula is C19H24N6+2. The van der Waals surface area contributed by atoms with Gasteiger partial charge in [0.1, 0.15) is 5.69 Å². The van der Waals surface area contributed by atoms with Crippen LogP contribution in [-0.2, 0) is 21.1 Å². The molecule has 0 spiro atoms. The summed E-state index contributed by atoms with van der Waals surface area (Å²) < 4.78 is 33.3. The van der Waals surface area contributed by atoms with Crippen molar-refractivity contribution in [2.45, 2.75) is 20.7 Å². The average molecular weight is 339 g/mol. The maximum absolute atomic E-state index is 7.74. The molecule has 0 aliphatic carbocycles. The second-order valence-electron chi connectivity index (χ2n) is 6.41. The van der Waals surface area contributed by atoms with Crippen LogP contribution in [0.5, 0.6) is 0 Å². The molecule has 0 unspecified atom stereocenters. The van der Waals surface area contributed by atoms with Gasteiger partial charge in [0, 0.05) is 27.6 Å². The third kappa shape index (κ3) is 2.06. The lowest BCUT2D eigenvalue weighted by molar-refractivity contribution is -0.763. The Labute approximate surface area is 151 Å². The standard InChI is InChI=1S/C19H24N6/c1-13-14(2)25-15(3)18(23(6)19(25)20-13)16-9-7-10-17(22(16)5)24-12-8-11-21(24)4/h7-12H,1-6H3/q+2/i1D3. The van der Waals surface area contributed by atoms with Gasteiger partial charge in [-0.05, 0) is 37.5 Å². The number of nitrogens with zero attached hydrogens (tertiary/aromatic N) is 6. The molecule has 0 bridgehead atoms. The summed E-state index contributed by atoms with van der Waals surface area (Å²) >= 11 is 0. The van der Waals surface area contributed by atoms with Crippen molar-refractivity contribution < 1.29 is 13.4 Å². The third-order valence-corrected chi connectivity index (χ3v) is 4.95. The fourth-order valence-corrected chi connectivity index (χ4v) is 3.62. The van der Waals surface area contributed by atoms with Crippen LogP contribution >= 0.6 is 0 Å². The van der Waals surface area contributed by atoms with Gasteiger partial charge in [0.15, 0.2) is 18.9 Å². The number of imidazole rings is 2. The van der Waals surface area contributed by atoms with E-state index >= 15 is 0 Å². The molecule has 25 heavy (non-hydrogen) atoms. The van der Waals surface area contributed by atoms with Crippen LogP contribution in [-0.4, -0.2) is 18.6 Å². The highest BCUT2D eigenvalue weighted by Crippen LogP contribution is 2.26. The zero-order chi connectivity index (χ0) is 20.4. The first-order valence-corrected chi connectivity index (χ1v) is 8.20. The normalized spacial score (nSPS) is 13.9. The highest BCUT2D eigenvalue weighted by molar-refractivity contribution is 5.62. The molecule has 6 nitrogen and oxygen atoms in total. The summed E-state index contributed by atoms with van der Waals surface area (Å²) in [5.74, 6) is 1.65. The van der Waals surface area contributed by atoms with Crippen LogP contribution in [0.2, 0.25) is 0 Å². The first kappa shape index (κ1) is 12.5. The molecule has 0 aliphatic rings. The van der Waals surface area contributed by atoms with E-state index in [9.17, 15) is 0 Å². The van der Waals surface area contributed by atoms with E-state index in [0.717, 1.165) is 22.9 Å². The lowest BCUT2D eigenvalue weighted by atomic mass is 10.2. The third-order valence-electron chi connectivity index (χ3n) is 4.95. The summed E-state index contributed by atoms with van der Waals surface area (Å²) in [5.41, 5.74) is 3.80. The SMILES string of the molecule is [2H]C([2H])([2H])c1nc2n(C)c(-c3cccc(-n4ccc[n+]4C)[n+]3C)c(C)n2c1C. The second-order valence-corrected chi connectivity index (χ2v) is 6.41. The highest BCUT2D eigenvalue weighted by Gasteiger charge is 2.25. The van der Waals surface area contributed by atoms with Crippen molar-refractivity contribution in [3.63, 3.8) is 0 Å². The minimum atomic E-state index is -2.23. The first-order valence-electron chi connectivity index (χ1n) is 9.70. The first-order chi connectivity index (χ1) is 13.1. The molecule has 0 saturated carbocycles. The van der Waals surface area contributed by atoms with Gasteiger partial charge in [0.2, 0.25) is 12.0 Å². The van der Waals surface area contributed by atoms with Crippen molar-refractivity contribution in [1.29, 1.82) is 0 Å². The van der Waals surface area contributed by atoms with Crippen LogP contribution in [0.4, 0.5) is 0 Å². The summed E-state index contributed by atoms with van der Waals surface area (Å²) in [7, 11) is 5.95. The van der Waals surface area contributed by atoms with Crippen LogP contribution in [0, 0.1) is 20.7 Å². The maximum atomic E-state index is 7.74. The maximum Gasteiger partial charge on any atom is 0.342 e. The number of hydrogen-bond donors (Lipinski definition) is 0. The molecule has 0 amide bonds. The van der Waals surface area contributed by atoms with Crippen molar-refractivity contribution in [3.05, 3.63) is 53.7 Å². The predicted octanol–water partition coefficient (Wildman–Crippen LogP) is 1.70. The average Bonchev–Trinajstić information content (AvgIpc) is 3.25. The van der Waals surface area contributed by atoms with Crippen LogP contribution < -0.4 is 9.25 Å². The lowest BCUT2D eigenvalue weighted by Crippen LogP contribution is -2.45. The van der Waals surface area contributed by atoms with Gasteiger partial charge >= 0.3 is 5.82 Å². The van der Waals surface area contributed by atoms with Gasteiger partial charge < -0.3 is 4.57 Å². The van der Waals surface area contributed by atoms with E-state index in [1.165, 1.54) is 0 Å². The number of rotatable bonds is 2. The smallest absolute Gasteiger partial charge is 0.309 e. The Balaban J connectivity index is 1.98. The summed E-state index contributed by atoms with van der Waals surface area (Å²) in [4.78, 5) is 4.45. The monoisotopic (exact) mass is 339 g/mol. The molecule has 0 N–H and O–H groups in total. The minimum absolute atomic E-state index is 0.158. The van der Waals surface area contributed by atoms with Crippen molar-refractivity contribution in [3.8, 4) is 17.2 Å². The van der Waals surface area contributed by atoms with E-state index in [0.29, 0.717) is 11.5 Å². The predicted molar refractivity (Wildman–Crippen MR) is 95.5 cm³/mol. The number of aromatic nitrogens is 6. The Kier molecular flexibility index (Phi) is 2.65. The van der Waals surface area contributed by atoms with E-state index in [1.54, 1.807) is 0 Å². The van der Waals surface area contributed by atoms with Crippen molar-refractivity contribution in [2.24, 2.45) is 21.1 Å². The molecule has 4 heterocycles. The molecule has 6 heteroatoms. The topological polar surface area (TPSA) is 34.9 Å². The Hall–Kier alpha value is -2.89. The number of hydrogen-bond acceptors (Lipinski definition) is 1. The highest BCUT2D eigenvalue weighted by atomic mass is 15.4. The zero-order valence-electron chi connectivity index (χ0n) is 18.1. The molecule has 0 fully saturated rings. The fraction of sp³-hybridized carbons (Fsp3) is 0.316. The number of aryl methyl sites for hydroxylation is 5. The van der Waals surface area contributed by atoms with Crippen molar-refractivity contribution >= 4 is 5.78 Å². The van der Waals surface area contributed by atoms with Crippen molar-refractivity contribution in [2.75, 3.05) is 0 Å². The molecule has 4 rings (SSSR count). The molecule has 0 radical (unpaired) electrons. The lowest BCUT2D eigenvalue weighted by Gasteiger charge is -2.08. The van der Waals surface area contributed by atoms with Crippen molar-refractivity contribution in [1.82, 2.24) is 18.6 Å². The molecule has 0 aromatic carbocycles. The van der Waals surface area contributed by atoms with Gasteiger partial charge in [0.25, 0.3) is 0 Å². The molecular weight excluding hydrogens is 312 g/mol. The van der Waals surface area contributed by atoms with Crippen LogP contribution in [0.3, 0.4) is 0 Å². The Morgan fingerprint density at radius 2 is 1.92 bits per heavy atom. The largest absolute Gasteiger partial charge is 0.342 e. The van der Waals surface area contributed by atoms with Crippen LogP contribution in [0.25, 0.3) is 23.0 Å². The van der Waals surface area contributed by atoms with E-state index in [1.807, 2.05) is 73.2 Å². The van der Waals surface area contributed by atoms with E-state index < -0.39 is 6.85 Å². The Bertz CT molecular complexity index is 1210. The molecule has 4 aromatic heterocycles. The molecule has 128 valence electrons. The fourth-order valence-electron chi connectivity index (χ4n) is 3.62. The number of pyridine rings is 1. The van der Waals surface area contributed by atoms with Gasteiger partial charge in [-0.25, -0.2) is 9.55 Å². The van der Waals surface area contributed by atoms with Gasteiger partial charge in [-0.2, -0.15) is 0 Å². The van der Waals surface area contributed by atoms with E-state index in [4.69, 9.17) is 4.11 Å². The minimum Gasteiger partial charge on any atom is -0.309 e. The van der Waals surface area contributed by atoms with E-state index in [2.05, 4.69) is 26.4 Å². The van der Waals surface area contributed by atoms with Crippen LogP contribution in [0.1, 0.15) is 21.2 Å². The Morgan fingerprint density at radius 1 is 1.12 bits per heavy atom. The van der Waals surface area contributed by atoms with Gasteiger partial charge in [-0.3, -0.25) is 4.40 Å². The molecule has 0 saturated heterocycles. The molecule has 0 aliphatic heterocycles. The summed E-state index contributed by atoms with van der Waals surface area (Å²) in [6.07, 6.45) is 4.00. The second kappa shape index (κ2) is 5.31. The number of fused-ring (bicyclic) bond motifs is 1. The van der Waals surface area contributed by atoms with Crippen LogP contribution in [0.15, 0.2) is 36.7 Å². The summed E-state index contributed by atoms with van der Waals surface area (Å²) in [6.45, 7) is 1.59. The van der Waals surface area contributed by atoms with E-state index in [-0.39, 0.29) is 5.69 Å². The summed E-state index contributed by atoms with van der Waals surface area (Å²) in [6, 6.07) is 8.15. The zero-order valence-corrected chi connectivity index (χ0v) is 15.1. The summed E-state index contributed by atoms with van der Waals surface area (Å²) in [5, 5.41) is 0. The van der Waals surface area contributed by atoms with Gasteiger partial charge in [-0.1, -0.05) is 0 Å². The molecule has 4 aromatic rings. The van der Waals surface area contributed by atoms with Gasteiger partial charge in [-0.15, -0.1) is 0 Å². The Morgan fingerprint density at radius 3 is 2.56 bits per heavy atom. The quantitative estimate of drug-likeness (QED) is 0.512. The molecule has 0 atom stereocenters. The van der Waals surface area contributed by atoms with Gasteiger partial charge in [0.05, 0.1) is 24.5 Å².